The van der Waals surface area contributed by atoms with Gasteiger partial charge in [0.2, 0.25) is 0 Å². The van der Waals surface area contributed by atoms with Gasteiger partial charge in [0.05, 0.1) is 43.1 Å². The number of fused-ring (bicyclic) bond motifs is 1. The lowest BCUT2D eigenvalue weighted by Crippen LogP contribution is -2.48. The molecule has 0 radical (unpaired) electrons. The third-order valence-electron chi connectivity index (χ3n) is 8.45. The van der Waals surface area contributed by atoms with Crippen LogP contribution in [0.2, 0.25) is 25.7 Å². The number of hydrogen-bond acceptors (Lipinski definition) is 9. The molecule has 46 heavy (non-hydrogen) atoms. The highest BCUT2D eigenvalue weighted by atomic mass is 28.3. The van der Waals surface area contributed by atoms with Crippen LogP contribution in [0.15, 0.2) is 41.8 Å². The van der Waals surface area contributed by atoms with Crippen molar-refractivity contribution in [1.29, 1.82) is 5.26 Å². The van der Waals surface area contributed by atoms with Gasteiger partial charge < -0.3 is 20.3 Å². The Hall–Kier alpha value is -3.50. The molecule has 1 aliphatic carbocycles. The van der Waals surface area contributed by atoms with Crippen LogP contribution >= 0.6 is 0 Å². The molecular formula is C34H46F2N6O3Si-. The van der Waals surface area contributed by atoms with Crippen molar-refractivity contribution >= 4 is 25.9 Å². The van der Waals surface area contributed by atoms with Crippen molar-refractivity contribution in [2.24, 2.45) is 16.6 Å². The van der Waals surface area contributed by atoms with E-state index in [1.165, 1.54) is 24.4 Å². The third-order valence-corrected chi connectivity index (χ3v) is 10.1. The number of allylic oxidation sites excluding steroid dienone is 1. The largest absolute Gasteiger partial charge is 0.487 e. The number of aliphatic hydroxyl groups is 1. The van der Waals surface area contributed by atoms with Gasteiger partial charge in [-0.25, -0.2) is 18.7 Å². The van der Waals surface area contributed by atoms with E-state index in [1.54, 1.807) is 12.5 Å². The van der Waals surface area contributed by atoms with Gasteiger partial charge in [-0.15, -0.1) is 14.1 Å². The lowest BCUT2D eigenvalue weighted by atomic mass is 9.83. The Morgan fingerprint density at radius 3 is 2.80 bits per heavy atom. The number of nitriles is 1. The number of aromatic nitrogens is 2. The number of likely N-dealkylation sites (tertiary alicyclic amines) is 1. The molecule has 1 saturated heterocycles. The van der Waals surface area contributed by atoms with E-state index >= 15 is 4.39 Å². The summed E-state index contributed by atoms with van der Waals surface area (Å²) in [6, 6.07) is 6.81. The van der Waals surface area contributed by atoms with Gasteiger partial charge in [-0.1, -0.05) is 19.1 Å². The fraction of sp³-hybridized carbons (Fsp3) is 0.529. The Morgan fingerprint density at radius 2 is 2.11 bits per heavy atom. The maximum atomic E-state index is 15.2. The fourth-order valence-corrected chi connectivity index (χ4v) is 6.45. The van der Waals surface area contributed by atoms with Crippen LogP contribution in [0.5, 0.6) is 5.75 Å². The van der Waals surface area contributed by atoms with Crippen LogP contribution in [0.3, 0.4) is 0 Å². The van der Waals surface area contributed by atoms with E-state index < -0.39 is 32.2 Å². The van der Waals surface area contributed by atoms with Gasteiger partial charge in [0.25, 0.3) is 0 Å². The number of halogens is 2. The van der Waals surface area contributed by atoms with E-state index in [-0.39, 0.29) is 37.2 Å². The van der Waals surface area contributed by atoms with E-state index in [0.29, 0.717) is 42.9 Å². The van der Waals surface area contributed by atoms with Crippen LogP contribution in [-0.4, -0.2) is 85.4 Å². The molecule has 0 amide bonds. The molecule has 5 atom stereocenters. The lowest BCUT2D eigenvalue weighted by Gasteiger charge is -2.35. The molecule has 2 heterocycles. The van der Waals surface area contributed by atoms with Crippen molar-refractivity contribution in [3.8, 4) is 11.8 Å². The van der Waals surface area contributed by atoms with Crippen LogP contribution in [0.1, 0.15) is 48.2 Å². The highest BCUT2D eigenvalue weighted by Crippen LogP contribution is 2.35. The van der Waals surface area contributed by atoms with Gasteiger partial charge in [0.1, 0.15) is 30.2 Å². The first-order chi connectivity index (χ1) is 22.0. The average Bonchev–Trinajstić information content (AvgIpc) is 3.01. The number of aliphatic imine (C=N–C) groups is 1. The smallest absolute Gasteiger partial charge is 0.149 e. The SMILES string of the molecule is CC1c2ncnc(C(C=NC(CC#N)CN3CCC(Oc4cc(F)cc(CO)c4)C(F)C3)=CN)c2C=CC1COCC[Si-](C)(C)C. The highest BCUT2D eigenvalue weighted by molar-refractivity contribution is 6.76. The minimum absolute atomic E-state index is 0.0923. The first-order valence-corrected chi connectivity index (χ1v) is 19.6. The summed E-state index contributed by atoms with van der Waals surface area (Å²) in [5, 5.41) is 18.8. The summed E-state index contributed by atoms with van der Waals surface area (Å²) in [6.07, 6.45) is 7.27. The number of nitrogens with two attached hydrogens (primary N) is 1. The number of rotatable bonds is 14. The van der Waals surface area contributed by atoms with Crippen LogP contribution < -0.4 is 10.5 Å². The molecule has 0 spiro atoms. The quantitative estimate of drug-likeness (QED) is 0.159. The molecule has 9 nitrogen and oxygen atoms in total. The Kier molecular flexibility index (Phi) is 12.6. The molecule has 0 bridgehead atoms. The molecule has 1 aromatic carbocycles. The molecule has 2 aromatic rings. The van der Waals surface area contributed by atoms with Crippen molar-refractivity contribution in [2.45, 2.75) is 76.3 Å². The Morgan fingerprint density at radius 1 is 1.30 bits per heavy atom. The number of hydrogen-bond donors (Lipinski definition) is 2. The molecular weight excluding hydrogens is 606 g/mol. The second kappa shape index (κ2) is 16.4. The van der Waals surface area contributed by atoms with E-state index in [0.717, 1.165) is 23.9 Å². The number of nitrogens with zero attached hydrogens (tertiary/aromatic N) is 5. The molecule has 12 heteroatoms. The third kappa shape index (κ3) is 9.75. The Labute approximate surface area is 271 Å². The minimum atomic E-state index is -1.32. The summed E-state index contributed by atoms with van der Waals surface area (Å²) < 4.78 is 40.8. The minimum Gasteiger partial charge on any atom is -0.487 e. The van der Waals surface area contributed by atoms with E-state index in [1.807, 2.05) is 11.0 Å². The molecule has 1 aromatic heterocycles. The second-order valence-electron chi connectivity index (χ2n) is 13.3. The molecule has 4 rings (SSSR count). The topological polar surface area (TPSA) is 130 Å². The zero-order valence-electron chi connectivity index (χ0n) is 27.2. The van der Waals surface area contributed by atoms with Gasteiger partial charge in [0, 0.05) is 67.7 Å². The van der Waals surface area contributed by atoms with Crippen LogP contribution in [-0.2, 0) is 11.3 Å². The summed E-state index contributed by atoms with van der Waals surface area (Å²) >= 11 is 0. The van der Waals surface area contributed by atoms with Crippen molar-refractivity contribution < 1.29 is 23.4 Å². The number of alkyl halides is 1. The number of ether oxygens (including phenoxy) is 2. The van der Waals surface area contributed by atoms with Crippen LogP contribution in [0.4, 0.5) is 8.78 Å². The monoisotopic (exact) mass is 652 g/mol. The fourth-order valence-electron chi connectivity index (χ4n) is 5.69. The molecule has 3 N–H and O–H groups in total. The number of benzene rings is 1. The van der Waals surface area contributed by atoms with Crippen molar-refractivity contribution in [2.75, 3.05) is 32.8 Å². The maximum Gasteiger partial charge on any atom is 0.149 e. The van der Waals surface area contributed by atoms with Crippen LogP contribution in [0, 0.1) is 23.1 Å². The zero-order valence-corrected chi connectivity index (χ0v) is 28.2. The summed E-state index contributed by atoms with van der Waals surface area (Å²) in [6.45, 7) is 11.2. The van der Waals surface area contributed by atoms with Crippen molar-refractivity contribution in [3.63, 3.8) is 0 Å². The predicted octanol–water partition coefficient (Wildman–Crippen LogP) is 5.35. The first kappa shape index (κ1) is 35.4. The van der Waals surface area contributed by atoms with Crippen LogP contribution in [0.25, 0.3) is 11.6 Å². The van der Waals surface area contributed by atoms with Gasteiger partial charge in [-0.3, -0.25) is 9.89 Å². The van der Waals surface area contributed by atoms with E-state index in [4.69, 9.17) is 20.2 Å². The summed E-state index contributed by atoms with van der Waals surface area (Å²) in [5.74, 6) is -0.0195. The summed E-state index contributed by atoms with van der Waals surface area (Å²) in [5.41, 5.74) is 9.50. The van der Waals surface area contributed by atoms with Crippen molar-refractivity contribution in [1.82, 2.24) is 14.9 Å². The summed E-state index contributed by atoms with van der Waals surface area (Å²) in [7, 11) is -1.15. The van der Waals surface area contributed by atoms with E-state index in [2.05, 4.69) is 48.7 Å². The Bertz CT molecular complexity index is 1460. The highest BCUT2D eigenvalue weighted by Gasteiger charge is 2.32. The summed E-state index contributed by atoms with van der Waals surface area (Å²) in [4.78, 5) is 15.7. The van der Waals surface area contributed by atoms with E-state index in [9.17, 15) is 14.8 Å². The lowest BCUT2D eigenvalue weighted by molar-refractivity contribution is 0.0201. The van der Waals surface area contributed by atoms with Gasteiger partial charge in [0.15, 0.2) is 0 Å². The number of piperidine rings is 1. The Balaban J connectivity index is 1.38. The standard InChI is InChI=1S/C34H46F2N6O3Si/c1-23-25(21-44-11-12-46(2,3)4)5-6-30-33(23)40-22-41-34(30)26(16-38)17-39-28(7-9-37)18-42-10-8-32(31(36)19-42)45-29-14-24(20-43)13-27(35)15-29/h5-6,13-17,22-23,25,28,31-32,43H,7-8,10-12,18-21,38H2,1-4H3/q-1. The molecule has 0 saturated carbocycles. The molecule has 2 aliphatic rings. The normalized spacial score (nSPS) is 22.9. The maximum absolute atomic E-state index is 15.2. The number of aliphatic hydroxyl groups excluding tert-OH is 1. The second-order valence-corrected chi connectivity index (χ2v) is 18.9. The van der Waals surface area contributed by atoms with Gasteiger partial charge in [-0.2, -0.15) is 24.9 Å². The van der Waals surface area contributed by atoms with Gasteiger partial charge >= 0.3 is 0 Å². The molecule has 1 fully saturated rings. The molecule has 1 aliphatic heterocycles. The average molecular weight is 653 g/mol. The molecule has 5 unspecified atom stereocenters. The predicted molar refractivity (Wildman–Crippen MR) is 179 cm³/mol. The van der Waals surface area contributed by atoms with Crippen molar-refractivity contribution in [3.05, 3.63) is 65.1 Å². The first-order valence-electron chi connectivity index (χ1n) is 15.9. The molecule has 249 valence electrons. The zero-order chi connectivity index (χ0) is 33.3. The van der Waals surface area contributed by atoms with Gasteiger partial charge in [-0.05, 0) is 24.1 Å².